The lowest BCUT2D eigenvalue weighted by Gasteiger charge is -2.19. The molecule has 0 saturated heterocycles. The fourth-order valence-corrected chi connectivity index (χ4v) is 5.17. The molecular weight excluding hydrogens is 454 g/mol. The average Bonchev–Trinajstić information content (AvgIpc) is 3.14. The van der Waals surface area contributed by atoms with E-state index in [2.05, 4.69) is 26.6 Å². The maximum Gasteiger partial charge on any atom is 0.323 e. The minimum absolute atomic E-state index is 0.267. The lowest BCUT2D eigenvalue weighted by molar-refractivity contribution is 0.262. The third-order valence-corrected chi connectivity index (χ3v) is 7.16. The Bertz CT molecular complexity index is 1170. The van der Waals surface area contributed by atoms with Crippen LogP contribution in [0.2, 0.25) is 0 Å². The fourth-order valence-electron chi connectivity index (χ4n) is 3.27. The average molecular weight is 472 g/mol. The van der Waals surface area contributed by atoms with Crippen LogP contribution in [0.5, 0.6) is 0 Å². The molecule has 0 atom stereocenters. The molecule has 2 amide bonds. The number of halogens is 1. The van der Waals surface area contributed by atoms with E-state index in [1.165, 1.54) is 4.31 Å². The Balaban J connectivity index is 1.52. The third-order valence-electron chi connectivity index (χ3n) is 4.64. The number of hydrogen-bond acceptors (Lipinski definition) is 3. The number of para-hydroxylation sites is 1. The zero-order valence-corrected chi connectivity index (χ0v) is 17.7. The Hall–Kier alpha value is -2.84. The lowest BCUT2D eigenvalue weighted by atomic mass is 10.1. The van der Waals surface area contributed by atoms with Crippen LogP contribution in [0.15, 0.2) is 82.2 Å². The van der Waals surface area contributed by atoms with Gasteiger partial charge in [0, 0.05) is 16.7 Å². The van der Waals surface area contributed by atoms with E-state index in [1.54, 1.807) is 48.5 Å². The summed E-state index contributed by atoms with van der Waals surface area (Å²) in [6.07, 6.45) is 0.586. The summed E-state index contributed by atoms with van der Waals surface area (Å²) in [6.45, 7) is 0.374. The summed E-state index contributed by atoms with van der Waals surface area (Å²) in [4.78, 5) is 12.6. The predicted molar refractivity (Wildman–Crippen MR) is 118 cm³/mol. The molecule has 0 spiro atoms. The molecule has 8 heteroatoms. The largest absolute Gasteiger partial charge is 0.323 e. The van der Waals surface area contributed by atoms with Crippen molar-refractivity contribution in [1.29, 1.82) is 0 Å². The van der Waals surface area contributed by atoms with Gasteiger partial charge in [0.15, 0.2) is 0 Å². The topological polar surface area (TPSA) is 78.5 Å². The van der Waals surface area contributed by atoms with Gasteiger partial charge in [-0.2, -0.15) is 0 Å². The number of carbonyl (C=O) groups is 1. The number of fused-ring (bicyclic) bond motifs is 1. The van der Waals surface area contributed by atoms with Gasteiger partial charge in [-0.25, -0.2) is 13.2 Å². The molecule has 29 heavy (non-hydrogen) atoms. The molecule has 3 aromatic carbocycles. The maximum atomic E-state index is 12.9. The number of sulfonamides is 1. The molecule has 0 aromatic heterocycles. The van der Waals surface area contributed by atoms with Crippen molar-refractivity contribution >= 4 is 49.0 Å². The highest BCUT2D eigenvalue weighted by Gasteiger charge is 2.30. The normalized spacial score (nSPS) is 13.1. The van der Waals surface area contributed by atoms with Gasteiger partial charge in [0.2, 0.25) is 0 Å². The molecule has 1 heterocycles. The Morgan fingerprint density at radius 1 is 0.931 bits per heavy atom. The van der Waals surface area contributed by atoms with Crippen LogP contribution in [0.3, 0.4) is 0 Å². The highest BCUT2D eigenvalue weighted by Crippen LogP contribution is 2.34. The van der Waals surface area contributed by atoms with Crippen LogP contribution < -0.4 is 14.9 Å². The van der Waals surface area contributed by atoms with E-state index in [0.717, 1.165) is 10.0 Å². The zero-order valence-electron chi connectivity index (χ0n) is 15.3. The number of carbonyl (C=O) groups excluding carboxylic acids is 1. The number of rotatable bonds is 4. The van der Waals surface area contributed by atoms with Crippen LogP contribution in [0.1, 0.15) is 5.56 Å². The first-order chi connectivity index (χ1) is 13.9. The number of benzene rings is 3. The monoisotopic (exact) mass is 471 g/mol. The van der Waals surface area contributed by atoms with Crippen LogP contribution in [-0.2, 0) is 16.4 Å². The second-order valence-electron chi connectivity index (χ2n) is 6.54. The van der Waals surface area contributed by atoms with Gasteiger partial charge in [-0.1, -0.05) is 30.3 Å². The summed E-state index contributed by atoms with van der Waals surface area (Å²) in [5.41, 5.74) is 2.78. The molecule has 1 aliphatic rings. The van der Waals surface area contributed by atoms with Crippen molar-refractivity contribution in [2.24, 2.45) is 0 Å². The van der Waals surface area contributed by atoms with Gasteiger partial charge in [-0.15, -0.1) is 0 Å². The molecule has 0 unspecified atom stereocenters. The Morgan fingerprint density at radius 2 is 1.66 bits per heavy atom. The van der Waals surface area contributed by atoms with Gasteiger partial charge < -0.3 is 10.6 Å². The summed E-state index contributed by atoms with van der Waals surface area (Å²) >= 11 is 3.39. The Morgan fingerprint density at radius 3 is 2.41 bits per heavy atom. The summed E-state index contributed by atoms with van der Waals surface area (Å²) < 4.78 is 28.1. The first kappa shape index (κ1) is 19.5. The number of nitrogens with one attached hydrogen (secondary N) is 2. The van der Waals surface area contributed by atoms with Gasteiger partial charge in [0.05, 0.1) is 16.3 Å². The van der Waals surface area contributed by atoms with Crippen LogP contribution >= 0.6 is 15.9 Å². The van der Waals surface area contributed by atoms with E-state index >= 15 is 0 Å². The highest BCUT2D eigenvalue weighted by molar-refractivity contribution is 9.10. The van der Waals surface area contributed by atoms with Crippen molar-refractivity contribution in [3.63, 3.8) is 0 Å². The second kappa shape index (κ2) is 7.88. The van der Waals surface area contributed by atoms with Gasteiger partial charge in [0.25, 0.3) is 10.0 Å². The molecule has 4 rings (SSSR count). The first-order valence-electron chi connectivity index (χ1n) is 8.98. The summed E-state index contributed by atoms with van der Waals surface area (Å²) in [6, 6.07) is 20.6. The molecular formula is C21H18BrN3O3S. The molecule has 6 nitrogen and oxygen atoms in total. The van der Waals surface area contributed by atoms with Crippen molar-refractivity contribution in [3.05, 3.63) is 82.8 Å². The summed E-state index contributed by atoms with van der Waals surface area (Å²) in [7, 11) is -3.61. The first-order valence-corrected chi connectivity index (χ1v) is 11.2. The lowest BCUT2D eigenvalue weighted by Crippen LogP contribution is -2.29. The predicted octanol–water partition coefficient (Wildman–Crippen LogP) is 4.84. The number of amides is 2. The van der Waals surface area contributed by atoms with E-state index in [0.29, 0.717) is 30.0 Å². The molecule has 3 aromatic rings. The van der Waals surface area contributed by atoms with Crippen LogP contribution in [0, 0.1) is 0 Å². The van der Waals surface area contributed by atoms with Crippen molar-refractivity contribution in [1.82, 2.24) is 0 Å². The molecule has 2 N–H and O–H groups in total. The molecule has 0 aliphatic carbocycles. The molecule has 148 valence electrons. The molecule has 1 aliphatic heterocycles. The molecule has 0 fully saturated rings. The number of nitrogens with zero attached hydrogens (tertiary/aromatic N) is 1. The fraction of sp³-hybridized carbons (Fsp3) is 0.0952. The maximum absolute atomic E-state index is 12.9. The minimum Gasteiger partial charge on any atom is -0.308 e. The summed E-state index contributed by atoms with van der Waals surface area (Å²) in [5, 5.41) is 5.57. The number of anilines is 3. The van der Waals surface area contributed by atoms with Crippen LogP contribution in [-0.4, -0.2) is 21.0 Å². The summed E-state index contributed by atoms with van der Waals surface area (Å²) in [5.74, 6) is 0. The van der Waals surface area contributed by atoms with Crippen LogP contribution in [0.25, 0.3) is 0 Å². The van der Waals surface area contributed by atoms with Crippen molar-refractivity contribution < 1.29 is 13.2 Å². The van der Waals surface area contributed by atoms with Crippen molar-refractivity contribution in [3.8, 4) is 0 Å². The Kier molecular flexibility index (Phi) is 5.29. The molecule has 0 radical (unpaired) electrons. The Labute approximate surface area is 177 Å². The van der Waals surface area contributed by atoms with E-state index in [1.807, 2.05) is 24.3 Å². The minimum atomic E-state index is -3.61. The zero-order chi connectivity index (χ0) is 20.4. The third kappa shape index (κ3) is 3.99. The van der Waals surface area contributed by atoms with E-state index < -0.39 is 10.0 Å². The van der Waals surface area contributed by atoms with Crippen molar-refractivity contribution in [2.75, 3.05) is 21.5 Å². The number of urea groups is 1. The van der Waals surface area contributed by atoms with Gasteiger partial charge >= 0.3 is 6.03 Å². The van der Waals surface area contributed by atoms with Gasteiger partial charge in [-0.3, -0.25) is 4.31 Å². The molecule has 0 bridgehead atoms. The van der Waals surface area contributed by atoms with E-state index in [-0.39, 0.29) is 10.9 Å². The number of hydrogen-bond donors (Lipinski definition) is 2. The standard InChI is InChI=1S/C21H18BrN3O3S/c22-18-8-4-5-9-19(18)24-21(26)23-16-10-11-20-15(14-16)12-13-25(20)29(27,28)17-6-2-1-3-7-17/h1-11,14H,12-13H2,(H2,23,24,26). The quantitative estimate of drug-likeness (QED) is 0.570. The highest BCUT2D eigenvalue weighted by atomic mass is 79.9. The SMILES string of the molecule is O=C(Nc1ccc2c(c1)CCN2S(=O)(=O)c1ccccc1)Nc1ccccc1Br. The van der Waals surface area contributed by atoms with Gasteiger partial charge in [0.1, 0.15) is 0 Å². The second-order valence-corrected chi connectivity index (χ2v) is 9.26. The smallest absolute Gasteiger partial charge is 0.308 e. The van der Waals surface area contributed by atoms with Gasteiger partial charge in [-0.05, 0) is 70.4 Å². The molecule has 0 saturated carbocycles. The van der Waals surface area contributed by atoms with Crippen molar-refractivity contribution in [2.45, 2.75) is 11.3 Å². The van der Waals surface area contributed by atoms with E-state index in [9.17, 15) is 13.2 Å². The van der Waals surface area contributed by atoms with E-state index in [4.69, 9.17) is 0 Å². The van der Waals surface area contributed by atoms with Crippen LogP contribution in [0.4, 0.5) is 21.9 Å².